The molecule has 1 nitrogen and oxygen atoms in total. The third kappa shape index (κ3) is 8.63. The molecule has 0 aromatic heterocycles. The summed E-state index contributed by atoms with van der Waals surface area (Å²) in [6, 6.07) is 0. The minimum absolute atomic E-state index is 0. The van der Waals surface area contributed by atoms with Gasteiger partial charge >= 0.3 is 0 Å². The van der Waals surface area contributed by atoms with Crippen LogP contribution < -0.4 is 0 Å². The molecule has 4 rings (SSSR count). The summed E-state index contributed by atoms with van der Waals surface area (Å²) in [5, 5.41) is 11.1. The first-order valence-corrected chi connectivity index (χ1v) is 8.96. The molecule has 0 unspecified atom stereocenters. The summed E-state index contributed by atoms with van der Waals surface area (Å²) in [6.07, 6.45) is 35.8. The van der Waals surface area contributed by atoms with E-state index in [1.807, 2.05) is 116 Å². The number of hydrogen-bond donors (Lipinski definition) is 1. The molecule has 0 amide bonds. The first-order chi connectivity index (χ1) is 12.5. The molecule has 1 N–H and O–H groups in total. The molecule has 0 heterocycles. The largest absolute Gasteiger partial charge is 0.388 e. The molecule has 4 fully saturated rings. The summed E-state index contributed by atoms with van der Waals surface area (Å²) >= 11 is 0. The molecule has 0 bridgehead atoms. The first-order valence-electron chi connectivity index (χ1n) is 8.96. The van der Waals surface area contributed by atoms with Crippen molar-refractivity contribution in [1.82, 2.24) is 0 Å². The Balaban J connectivity index is 0.000000500. The third-order valence-electron chi connectivity index (χ3n) is 4.36. The van der Waals surface area contributed by atoms with Crippen LogP contribution in [0.15, 0.2) is 0 Å². The Labute approximate surface area is 197 Å². The summed E-state index contributed by atoms with van der Waals surface area (Å²) < 4.78 is 0. The Hall–Kier alpha value is 0.999. The van der Waals surface area contributed by atoms with Gasteiger partial charge in [0, 0.05) is 46.0 Å². The van der Waals surface area contributed by atoms with Gasteiger partial charge in [-0.1, -0.05) is 20.8 Å². The van der Waals surface area contributed by atoms with Crippen LogP contribution >= 0.6 is 0 Å². The van der Waals surface area contributed by atoms with Crippen molar-refractivity contribution in [2.75, 3.05) is 0 Å². The predicted octanol–water partition coefficient (Wildman–Crippen LogP) is 4.61. The monoisotopic (exact) mass is 456 g/mol. The molecular formula is C25H28Fe2O. The van der Waals surface area contributed by atoms with E-state index in [4.69, 9.17) is 0 Å². The van der Waals surface area contributed by atoms with Crippen molar-refractivity contribution in [2.45, 2.75) is 26.4 Å². The van der Waals surface area contributed by atoms with Crippen LogP contribution in [0.2, 0.25) is 0 Å². The van der Waals surface area contributed by atoms with Crippen LogP contribution in [0, 0.1) is 133 Å². The Morgan fingerprint density at radius 1 is 0.464 bits per heavy atom. The molecule has 0 aromatic carbocycles. The van der Waals surface area contributed by atoms with Gasteiger partial charge in [-0.3, -0.25) is 0 Å². The zero-order valence-corrected chi connectivity index (χ0v) is 18.8. The fraction of sp³-hybridized carbons (Fsp3) is 0.200. The van der Waals surface area contributed by atoms with Gasteiger partial charge in [0.15, 0.2) is 0 Å². The van der Waals surface area contributed by atoms with Crippen LogP contribution in [0.5, 0.6) is 0 Å². The number of rotatable bonds is 2. The van der Waals surface area contributed by atoms with E-state index < -0.39 is 5.60 Å². The second-order valence-corrected chi connectivity index (χ2v) is 7.23. The molecule has 0 atom stereocenters. The summed E-state index contributed by atoms with van der Waals surface area (Å²) in [7, 11) is 0. The normalized spacial score (nSPS) is 23.1. The molecule has 150 valence electrons. The molecule has 4 aliphatic carbocycles. The molecule has 0 aromatic rings. The van der Waals surface area contributed by atoms with E-state index in [1.54, 1.807) is 0 Å². The van der Waals surface area contributed by atoms with E-state index in [9.17, 15) is 5.11 Å². The maximum absolute atomic E-state index is 11.1. The molecule has 0 aliphatic heterocycles. The second-order valence-electron chi connectivity index (χ2n) is 7.23. The molecule has 20 radical (unpaired) electrons. The van der Waals surface area contributed by atoms with Gasteiger partial charge in [0.25, 0.3) is 0 Å². The quantitative estimate of drug-likeness (QED) is 0.602. The average molecular weight is 456 g/mol. The average Bonchev–Trinajstić information content (AvgIpc) is 3.46. The Morgan fingerprint density at radius 2 is 0.679 bits per heavy atom. The maximum Gasteiger partial charge on any atom is 0.0832 e. The van der Waals surface area contributed by atoms with Crippen molar-refractivity contribution >= 4 is 0 Å². The van der Waals surface area contributed by atoms with Gasteiger partial charge in [-0.25, -0.2) is 0 Å². The summed E-state index contributed by atoms with van der Waals surface area (Å²) in [5.74, 6) is 1.93. The Morgan fingerprint density at radius 3 is 0.857 bits per heavy atom. The van der Waals surface area contributed by atoms with Gasteiger partial charge in [-0.2, -0.15) is 0 Å². The van der Waals surface area contributed by atoms with Gasteiger partial charge in [-0.05, 0) is 121 Å². The molecule has 4 saturated carbocycles. The summed E-state index contributed by atoms with van der Waals surface area (Å²) in [6.45, 7) is 6.19. The van der Waals surface area contributed by atoms with Crippen LogP contribution in [0.3, 0.4) is 0 Å². The third-order valence-corrected chi connectivity index (χ3v) is 4.36. The van der Waals surface area contributed by atoms with E-state index in [-0.39, 0.29) is 39.6 Å². The fourth-order valence-corrected chi connectivity index (χ4v) is 2.90. The van der Waals surface area contributed by atoms with Crippen LogP contribution in [0.25, 0.3) is 0 Å². The molecule has 3 heteroatoms. The maximum atomic E-state index is 11.1. The van der Waals surface area contributed by atoms with Crippen LogP contribution in [0.1, 0.15) is 20.8 Å². The number of hydrogen-bond acceptors (Lipinski definition) is 1. The van der Waals surface area contributed by atoms with E-state index >= 15 is 0 Å². The topological polar surface area (TPSA) is 20.2 Å². The van der Waals surface area contributed by atoms with E-state index in [0.29, 0.717) is 0 Å². The van der Waals surface area contributed by atoms with E-state index in [2.05, 4.69) is 20.8 Å². The number of aliphatic hydroxyl groups is 1. The van der Waals surface area contributed by atoms with Gasteiger partial charge in [0.2, 0.25) is 0 Å². The van der Waals surface area contributed by atoms with Gasteiger partial charge in [-0.15, -0.1) is 0 Å². The Bertz CT molecular complexity index is 316. The van der Waals surface area contributed by atoms with Gasteiger partial charge in [0.05, 0.1) is 5.60 Å². The van der Waals surface area contributed by atoms with Gasteiger partial charge < -0.3 is 5.11 Å². The van der Waals surface area contributed by atoms with Crippen molar-refractivity contribution in [3.63, 3.8) is 0 Å². The van der Waals surface area contributed by atoms with Crippen LogP contribution in [-0.2, 0) is 34.1 Å². The van der Waals surface area contributed by atoms with Crippen molar-refractivity contribution in [1.29, 1.82) is 0 Å². The SMILES string of the molecule is CC(C)(C)C(O)([C]1[CH][CH][CH][CH]1)[C]1[CH][CH][CH][CH]1.[CH]1[CH][CH][CH][CH]1.[CH]1[CH][CH][CH][CH]1.[Fe].[Fe]. The van der Waals surface area contributed by atoms with Crippen molar-refractivity contribution in [2.24, 2.45) is 5.41 Å². The smallest absolute Gasteiger partial charge is 0.0832 e. The van der Waals surface area contributed by atoms with Crippen LogP contribution in [-0.4, -0.2) is 10.7 Å². The first kappa shape index (κ1) is 29.0. The minimum atomic E-state index is -0.917. The summed E-state index contributed by atoms with van der Waals surface area (Å²) in [5.41, 5.74) is -1.16. The zero-order valence-electron chi connectivity index (χ0n) is 16.5. The second kappa shape index (κ2) is 14.9. The summed E-state index contributed by atoms with van der Waals surface area (Å²) in [4.78, 5) is 0. The molecule has 4 aliphatic rings. The van der Waals surface area contributed by atoms with Crippen LogP contribution in [0.4, 0.5) is 0 Å². The van der Waals surface area contributed by atoms with Crippen molar-refractivity contribution in [3.05, 3.63) is 127 Å². The molecule has 0 spiro atoms. The molecule has 0 saturated heterocycles. The standard InChI is InChI=1S/C15H18O.2C5H5.2Fe/c1-14(2,3)15(16,12-8-4-5-9-12)13-10-6-7-11-13;2*1-2-4-5-3-1;;/h4-11,16H,1-3H3;2*1-5H;;. The van der Waals surface area contributed by atoms with Crippen molar-refractivity contribution < 1.29 is 39.2 Å². The predicted molar refractivity (Wildman–Crippen MR) is 108 cm³/mol. The van der Waals surface area contributed by atoms with E-state index in [0.717, 1.165) is 11.8 Å². The molecular weight excluding hydrogens is 428 g/mol. The molecule has 28 heavy (non-hydrogen) atoms. The van der Waals surface area contributed by atoms with Crippen molar-refractivity contribution in [3.8, 4) is 0 Å². The Kier molecular flexibility index (Phi) is 15.4. The van der Waals surface area contributed by atoms with E-state index in [1.165, 1.54) is 0 Å². The fourth-order valence-electron chi connectivity index (χ4n) is 2.90. The zero-order chi connectivity index (χ0) is 18.9. The van der Waals surface area contributed by atoms with Gasteiger partial charge in [0.1, 0.15) is 0 Å². The minimum Gasteiger partial charge on any atom is -0.388 e.